The summed E-state index contributed by atoms with van der Waals surface area (Å²) in [5.74, 6) is 0. The lowest BCUT2D eigenvalue weighted by atomic mass is 10.2. The van der Waals surface area contributed by atoms with Crippen LogP contribution in [0.3, 0.4) is 0 Å². The van der Waals surface area contributed by atoms with E-state index in [1.54, 1.807) is 6.92 Å². The first kappa shape index (κ1) is 16.2. The predicted octanol–water partition coefficient (Wildman–Crippen LogP) is 2.63. The molecule has 2 N–H and O–H groups in total. The molecule has 0 aliphatic heterocycles. The molecular weight excluding hydrogens is 306 g/mol. The molecule has 1 heterocycles. The molecule has 0 spiro atoms. The Bertz CT molecular complexity index is 656. The van der Waals surface area contributed by atoms with Crippen molar-refractivity contribution in [3.05, 3.63) is 51.8 Å². The molecule has 0 radical (unpaired) electrons. The van der Waals surface area contributed by atoms with Crippen molar-refractivity contribution in [1.82, 2.24) is 4.98 Å². The molecular formula is C15H17NO3S2. The monoisotopic (exact) mass is 323 g/mol. The van der Waals surface area contributed by atoms with Gasteiger partial charge in [0, 0.05) is 20.9 Å². The number of rotatable bonds is 6. The van der Waals surface area contributed by atoms with Crippen LogP contribution in [0.25, 0.3) is 0 Å². The first-order chi connectivity index (χ1) is 10.1. The highest BCUT2D eigenvalue weighted by Gasteiger charge is 2.14. The summed E-state index contributed by atoms with van der Waals surface area (Å²) in [6.07, 6.45) is 0. The van der Waals surface area contributed by atoms with Crippen molar-refractivity contribution in [3.8, 4) is 0 Å². The van der Waals surface area contributed by atoms with Gasteiger partial charge in [-0.3, -0.25) is 4.79 Å². The number of aliphatic hydroxyl groups is 1. The molecule has 0 amide bonds. The standard InChI is InChI=1S/C15H17NO3S2/c1-10-13(21-11-5-3-2-4-6-11)12(9-19-8-7-17)15(20)16-14(10)18/h2-6,17H,7-9H2,1H3,(H2,16,18,20). The second-order valence-corrected chi connectivity index (χ2v) is 5.96. The van der Waals surface area contributed by atoms with E-state index in [0.29, 0.717) is 17.2 Å². The van der Waals surface area contributed by atoms with Crippen molar-refractivity contribution in [3.63, 3.8) is 0 Å². The van der Waals surface area contributed by atoms with E-state index < -0.39 is 0 Å². The number of benzene rings is 1. The van der Waals surface area contributed by atoms with Crippen LogP contribution in [-0.2, 0) is 11.3 Å². The number of ether oxygens (including phenoxy) is 1. The Morgan fingerprint density at radius 2 is 2.05 bits per heavy atom. The minimum atomic E-state index is -0.149. The second kappa shape index (κ2) is 7.70. The van der Waals surface area contributed by atoms with Crippen molar-refractivity contribution in [2.45, 2.75) is 28.3 Å². The van der Waals surface area contributed by atoms with Gasteiger partial charge in [0.1, 0.15) is 0 Å². The topological polar surface area (TPSA) is 62.3 Å². The summed E-state index contributed by atoms with van der Waals surface area (Å²) in [4.78, 5) is 16.5. The smallest absolute Gasteiger partial charge is 0.252 e. The number of aromatic nitrogens is 1. The molecule has 1 aromatic carbocycles. The molecule has 2 rings (SSSR count). The van der Waals surface area contributed by atoms with E-state index in [0.717, 1.165) is 15.4 Å². The Hall–Kier alpha value is -1.21. The second-order valence-electron chi connectivity index (χ2n) is 4.43. The third-order valence-corrected chi connectivity index (χ3v) is 4.56. The minimum Gasteiger partial charge on any atom is -0.394 e. The van der Waals surface area contributed by atoms with Gasteiger partial charge < -0.3 is 14.8 Å². The molecule has 0 aliphatic rings. The molecule has 0 aliphatic carbocycles. The maximum Gasteiger partial charge on any atom is 0.252 e. The van der Waals surface area contributed by atoms with Crippen molar-refractivity contribution < 1.29 is 9.84 Å². The Morgan fingerprint density at radius 1 is 1.33 bits per heavy atom. The number of H-pyrrole nitrogens is 1. The molecule has 6 heteroatoms. The van der Waals surface area contributed by atoms with Gasteiger partial charge in [0.05, 0.1) is 24.8 Å². The summed E-state index contributed by atoms with van der Waals surface area (Å²) in [5, 5.41) is 9.31. The zero-order valence-electron chi connectivity index (χ0n) is 11.6. The first-order valence-electron chi connectivity index (χ1n) is 6.49. The highest BCUT2D eigenvalue weighted by molar-refractivity contribution is 7.99. The molecule has 1 aromatic heterocycles. The van der Waals surface area contributed by atoms with Crippen LogP contribution < -0.4 is 5.56 Å². The van der Waals surface area contributed by atoms with E-state index >= 15 is 0 Å². The Kier molecular flexibility index (Phi) is 5.93. The SMILES string of the molecule is Cc1c(Sc2ccccc2)c(COCCO)c(S)[nH]c1=O. The zero-order valence-corrected chi connectivity index (χ0v) is 13.3. The molecule has 0 fully saturated rings. The molecule has 0 saturated heterocycles. The molecule has 0 bridgehead atoms. The number of nitrogens with one attached hydrogen (secondary N) is 1. The molecule has 4 nitrogen and oxygen atoms in total. The third-order valence-electron chi connectivity index (χ3n) is 2.92. The largest absolute Gasteiger partial charge is 0.394 e. The number of thiol groups is 1. The summed E-state index contributed by atoms with van der Waals surface area (Å²) in [5.41, 5.74) is 1.33. The van der Waals surface area contributed by atoms with Crippen LogP contribution >= 0.6 is 24.4 Å². The molecule has 0 saturated carbocycles. The van der Waals surface area contributed by atoms with Gasteiger partial charge in [0.2, 0.25) is 0 Å². The van der Waals surface area contributed by atoms with Gasteiger partial charge in [-0.25, -0.2) is 0 Å². The summed E-state index contributed by atoms with van der Waals surface area (Å²) in [6.45, 7) is 2.30. The lowest BCUT2D eigenvalue weighted by Gasteiger charge is -2.14. The van der Waals surface area contributed by atoms with E-state index in [9.17, 15) is 4.79 Å². The average Bonchev–Trinajstić information content (AvgIpc) is 2.49. The van der Waals surface area contributed by atoms with Gasteiger partial charge in [-0.15, -0.1) is 12.6 Å². The van der Waals surface area contributed by atoms with Crippen molar-refractivity contribution in [2.75, 3.05) is 13.2 Å². The Balaban J connectivity index is 2.38. The van der Waals surface area contributed by atoms with Crippen molar-refractivity contribution in [2.24, 2.45) is 0 Å². The van der Waals surface area contributed by atoms with Crippen LogP contribution in [0, 0.1) is 6.92 Å². The normalized spacial score (nSPS) is 10.8. The van der Waals surface area contributed by atoms with Crippen molar-refractivity contribution in [1.29, 1.82) is 0 Å². The average molecular weight is 323 g/mol. The quantitative estimate of drug-likeness (QED) is 0.565. The van der Waals surface area contributed by atoms with Gasteiger partial charge >= 0.3 is 0 Å². The van der Waals surface area contributed by atoms with Crippen LogP contribution in [0.2, 0.25) is 0 Å². The number of pyridine rings is 1. The van der Waals surface area contributed by atoms with Gasteiger partial charge in [-0.05, 0) is 19.1 Å². The molecule has 21 heavy (non-hydrogen) atoms. The Morgan fingerprint density at radius 3 is 2.71 bits per heavy atom. The number of aliphatic hydroxyl groups excluding tert-OH is 1. The first-order valence-corrected chi connectivity index (χ1v) is 7.76. The predicted molar refractivity (Wildman–Crippen MR) is 86.4 cm³/mol. The summed E-state index contributed by atoms with van der Waals surface area (Å²) < 4.78 is 5.39. The maximum absolute atomic E-state index is 11.9. The molecule has 0 atom stereocenters. The van der Waals surface area contributed by atoms with Crippen LogP contribution in [0.15, 0.2) is 49.9 Å². The fourth-order valence-electron chi connectivity index (χ4n) is 1.83. The summed E-state index contributed by atoms with van der Waals surface area (Å²) in [7, 11) is 0. The lowest BCUT2D eigenvalue weighted by Crippen LogP contribution is -2.15. The fraction of sp³-hybridized carbons (Fsp3) is 0.267. The van der Waals surface area contributed by atoms with Crippen molar-refractivity contribution >= 4 is 24.4 Å². The van der Waals surface area contributed by atoms with E-state index in [1.165, 1.54) is 11.8 Å². The third kappa shape index (κ3) is 4.14. The fourth-order valence-corrected chi connectivity index (χ4v) is 3.24. The van der Waals surface area contributed by atoms with Crippen LogP contribution in [-0.4, -0.2) is 23.3 Å². The van der Waals surface area contributed by atoms with E-state index in [1.807, 2.05) is 30.3 Å². The summed E-state index contributed by atoms with van der Waals surface area (Å²) in [6, 6.07) is 9.83. The number of hydrogen-bond acceptors (Lipinski definition) is 5. The highest BCUT2D eigenvalue weighted by atomic mass is 32.2. The molecule has 112 valence electrons. The van der Waals surface area contributed by atoms with Crippen LogP contribution in [0.1, 0.15) is 11.1 Å². The summed E-state index contributed by atoms with van der Waals surface area (Å²) >= 11 is 5.86. The minimum absolute atomic E-state index is 0.0363. The van der Waals surface area contributed by atoms with E-state index in [-0.39, 0.29) is 18.8 Å². The van der Waals surface area contributed by atoms with Gasteiger partial charge in [0.25, 0.3) is 5.56 Å². The molecule has 2 aromatic rings. The highest BCUT2D eigenvalue weighted by Crippen LogP contribution is 2.34. The zero-order chi connectivity index (χ0) is 15.2. The van der Waals surface area contributed by atoms with Gasteiger partial charge in [-0.1, -0.05) is 30.0 Å². The van der Waals surface area contributed by atoms with Crippen LogP contribution in [0.5, 0.6) is 0 Å². The number of hydrogen-bond donors (Lipinski definition) is 3. The van der Waals surface area contributed by atoms with Crippen LogP contribution in [0.4, 0.5) is 0 Å². The maximum atomic E-state index is 11.9. The molecule has 0 unspecified atom stereocenters. The lowest BCUT2D eigenvalue weighted by molar-refractivity contribution is 0.0789. The van der Waals surface area contributed by atoms with E-state index in [2.05, 4.69) is 17.6 Å². The number of aromatic amines is 1. The van der Waals surface area contributed by atoms with Gasteiger partial charge in [0.15, 0.2) is 0 Å². The Labute approximate surface area is 133 Å². The van der Waals surface area contributed by atoms with E-state index in [4.69, 9.17) is 9.84 Å². The van der Waals surface area contributed by atoms with Gasteiger partial charge in [-0.2, -0.15) is 0 Å².